The highest BCUT2D eigenvalue weighted by molar-refractivity contribution is 5.96. The fourth-order valence-electron chi connectivity index (χ4n) is 11.2. The zero-order valence-corrected chi connectivity index (χ0v) is 37.2. The minimum Gasteiger partial charge on any atom is -0.460 e. The number of esters is 2. The summed E-state index contributed by atoms with van der Waals surface area (Å²) in [7, 11) is 0. The SMILES string of the molecule is CC(C)(C)OC(=O)CC[C@@H](CO)NC(=O)[C@H]1CCCN1C(=O)[C@@]12C[C@H]3OC(=O)[C@@H]1N(Cc1cccc(C=CC4CCC5OC5C4)c1)O[C@@H]2[C@H]1OC(c2ccccc2)(c2ccccc2)O[C@H]13. The Morgan fingerprint density at radius 1 is 0.923 bits per heavy atom. The molecule has 0 radical (unpaired) electrons. The number of aliphatic hydroxyl groups is 1. The Kier molecular flexibility index (Phi) is 11.7. The standard InChI is InChI=1S/C51H59N3O11/c1-49(2,3)62-41(56)24-22-36(30-55)52-46(57)37-18-11-25-53(37)48(59)50-28-40-42-43(64-51(63-42,34-14-6-4-7-15-34)35-16-8-5-9-17-35)45(50)65-54(44(50)47(58)61-40)29-33-13-10-12-31(26-33)19-20-32-21-23-38-39(27-32)60-38/h4-10,12-17,19-20,26,32,36-40,42-45,55H,11,18,21-25,27-30H2,1-3H3,(H,52,57)/t32?,36-,37+,38?,39?,40+,42-,43-,44-,45+,50-/m0/s1. The van der Waals surface area contributed by atoms with Gasteiger partial charge in [0.15, 0.2) is 6.04 Å². The van der Waals surface area contributed by atoms with Gasteiger partial charge < -0.3 is 39.0 Å². The Labute approximate surface area is 379 Å². The molecule has 2 N–H and O–H groups in total. The summed E-state index contributed by atoms with van der Waals surface area (Å²) in [6.07, 6.45) is 6.03. The van der Waals surface area contributed by atoms with Gasteiger partial charge in [-0.25, -0.2) is 0 Å². The van der Waals surface area contributed by atoms with Crippen LogP contribution in [0.15, 0.2) is 91.0 Å². The van der Waals surface area contributed by atoms with Crippen LogP contribution in [0.3, 0.4) is 0 Å². The second-order valence-corrected chi connectivity index (χ2v) is 19.8. The van der Waals surface area contributed by atoms with Crippen molar-refractivity contribution < 1.29 is 52.8 Å². The topological polar surface area (TPSA) is 166 Å². The number of epoxide rings is 1. The monoisotopic (exact) mass is 889 g/mol. The second kappa shape index (κ2) is 17.4. The normalized spacial score (nSPS) is 32.6. The van der Waals surface area contributed by atoms with Crippen LogP contribution in [0.1, 0.15) is 94.4 Å². The number of amides is 2. The molecule has 2 aliphatic carbocycles. The number of rotatable bonds is 13. The maximum atomic E-state index is 15.8. The highest BCUT2D eigenvalue weighted by atomic mass is 16.8. The van der Waals surface area contributed by atoms with E-state index in [9.17, 15) is 19.5 Å². The first kappa shape index (κ1) is 43.9. The molecule has 3 aromatic rings. The third kappa shape index (κ3) is 8.31. The fraction of sp³-hybridized carbons (Fsp3) is 0.529. The number of carbonyl (C=O) groups is 4. The van der Waals surface area contributed by atoms with Crippen molar-refractivity contribution in [3.05, 3.63) is 113 Å². The van der Waals surface area contributed by atoms with Crippen molar-refractivity contribution in [2.45, 2.75) is 145 Å². The molecule has 2 amide bonds. The van der Waals surface area contributed by atoms with Crippen LogP contribution in [-0.4, -0.2) is 112 Å². The van der Waals surface area contributed by atoms with Crippen LogP contribution in [0.25, 0.3) is 6.08 Å². The van der Waals surface area contributed by atoms with Gasteiger partial charge in [-0.1, -0.05) is 97.1 Å². The first-order valence-corrected chi connectivity index (χ1v) is 23.3. The van der Waals surface area contributed by atoms with Crippen molar-refractivity contribution in [2.75, 3.05) is 13.2 Å². The number of ether oxygens (including phenoxy) is 5. The highest BCUT2D eigenvalue weighted by Gasteiger charge is 2.77. The van der Waals surface area contributed by atoms with E-state index < -0.39 is 89.7 Å². The zero-order valence-electron chi connectivity index (χ0n) is 37.2. The van der Waals surface area contributed by atoms with Gasteiger partial charge in [0.25, 0.3) is 0 Å². The van der Waals surface area contributed by atoms with Crippen molar-refractivity contribution in [1.29, 1.82) is 0 Å². The number of hydroxylamine groups is 2. The molecule has 5 aliphatic heterocycles. The molecule has 7 aliphatic rings. The minimum atomic E-state index is -1.52. The maximum Gasteiger partial charge on any atom is 0.327 e. The average Bonchev–Trinajstić information content (AvgIpc) is 3.57. The van der Waals surface area contributed by atoms with E-state index in [2.05, 4.69) is 23.5 Å². The number of nitrogens with one attached hydrogen (secondary N) is 1. The number of nitrogens with zero attached hydrogens (tertiary/aromatic N) is 2. The predicted molar refractivity (Wildman–Crippen MR) is 235 cm³/mol. The van der Waals surface area contributed by atoms with E-state index in [0.717, 1.165) is 41.5 Å². The number of hydrogen-bond donors (Lipinski definition) is 2. The van der Waals surface area contributed by atoms with Gasteiger partial charge in [-0.2, -0.15) is 5.06 Å². The van der Waals surface area contributed by atoms with Crippen LogP contribution in [-0.2, 0) is 60.0 Å². The summed E-state index contributed by atoms with van der Waals surface area (Å²) in [6, 6.07) is 24.5. The average molecular weight is 890 g/mol. The molecule has 65 heavy (non-hydrogen) atoms. The molecule has 3 unspecified atom stereocenters. The number of allylic oxidation sites excluding steroid dienone is 1. The van der Waals surface area contributed by atoms with Gasteiger partial charge in [-0.15, -0.1) is 0 Å². The summed E-state index contributed by atoms with van der Waals surface area (Å²) >= 11 is 0. The summed E-state index contributed by atoms with van der Waals surface area (Å²) in [5.41, 5.74) is 1.16. The first-order valence-electron chi connectivity index (χ1n) is 23.3. The van der Waals surface area contributed by atoms with E-state index in [-0.39, 0.29) is 32.4 Å². The Bertz CT molecular complexity index is 2260. The minimum absolute atomic E-state index is 0.00669. The Balaban J connectivity index is 0.967. The van der Waals surface area contributed by atoms with Crippen molar-refractivity contribution in [3.8, 4) is 0 Å². The van der Waals surface area contributed by atoms with Gasteiger partial charge in [-0.05, 0) is 76.3 Å². The molecule has 14 nitrogen and oxygen atoms in total. The smallest absolute Gasteiger partial charge is 0.327 e. The molecular weight excluding hydrogens is 831 g/mol. The Morgan fingerprint density at radius 3 is 2.37 bits per heavy atom. The van der Waals surface area contributed by atoms with Crippen LogP contribution in [0.5, 0.6) is 0 Å². The Morgan fingerprint density at radius 2 is 1.66 bits per heavy atom. The number of aliphatic hydroxyl groups excluding tert-OH is 1. The Hall–Kier alpha value is -4.96. The maximum absolute atomic E-state index is 15.8. The summed E-state index contributed by atoms with van der Waals surface area (Å²) in [5.74, 6) is -2.85. The van der Waals surface area contributed by atoms with E-state index in [1.54, 1.807) is 30.7 Å². The molecule has 14 heteroatoms. The van der Waals surface area contributed by atoms with E-state index in [1.807, 2.05) is 78.9 Å². The lowest BCUT2D eigenvalue weighted by molar-refractivity contribution is -0.214. The molecule has 2 saturated carbocycles. The van der Waals surface area contributed by atoms with Crippen molar-refractivity contribution in [1.82, 2.24) is 15.3 Å². The van der Waals surface area contributed by atoms with Crippen LogP contribution in [0.4, 0.5) is 0 Å². The van der Waals surface area contributed by atoms with E-state index in [4.69, 9.17) is 28.5 Å². The molecule has 5 saturated heterocycles. The lowest BCUT2D eigenvalue weighted by Gasteiger charge is -2.50. The first-order chi connectivity index (χ1) is 31.3. The number of benzene rings is 3. The van der Waals surface area contributed by atoms with Gasteiger partial charge in [0.2, 0.25) is 17.6 Å². The highest BCUT2D eigenvalue weighted by Crippen LogP contribution is 2.60. The quantitative estimate of drug-likeness (QED) is 0.168. The van der Waals surface area contributed by atoms with Crippen molar-refractivity contribution in [2.24, 2.45) is 11.3 Å². The molecule has 0 spiro atoms. The lowest BCUT2D eigenvalue weighted by Crippen LogP contribution is -2.70. The van der Waals surface area contributed by atoms with Gasteiger partial charge in [0, 0.05) is 30.5 Å². The molecule has 7 fully saturated rings. The molecule has 344 valence electrons. The number of carbonyl (C=O) groups excluding carboxylic acids is 4. The molecule has 11 atom stereocenters. The van der Waals surface area contributed by atoms with Crippen molar-refractivity contribution in [3.63, 3.8) is 0 Å². The summed E-state index contributed by atoms with van der Waals surface area (Å²) < 4.78 is 31.8. The van der Waals surface area contributed by atoms with Crippen LogP contribution < -0.4 is 5.32 Å². The molecule has 10 rings (SSSR count). The predicted octanol–water partition coefficient (Wildman–Crippen LogP) is 5.34. The number of likely N-dealkylation sites (tertiary alicyclic amines) is 1. The van der Waals surface area contributed by atoms with Gasteiger partial charge >= 0.3 is 11.9 Å². The molecule has 5 heterocycles. The third-order valence-corrected chi connectivity index (χ3v) is 14.3. The second-order valence-electron chi connectivity index (χ2n) is 19.8. The summed E-state index contributed by atoms with van der Waals surface area (Å²) in [6.45, 7) is 5.36. The fourth-order valence-corrected chi connectivity index (χ4v) is 11.2. The molecule has 0 aromatic heterocycles. The van der Waals surface area contributed by atoms with Crippen LogP contribution >= 0.6 is 0 Å². The van der Waals surface area contributed by atoms with E-state index in [1.165, 1.54) is 0 Å². The van der Waals surface area contributed by atoms with Crippen LogP contribution in [0.2, 0.25) is 0 Å². The molecule has 3 aromatic carbocycles. The van der Waals surface area contributed by atoms with Crippen molar-refractivity contribution >= 4 is 29.8 Å². The van der Waals surface area contributed by atoms with Gasteiger partial charge in [0.05, 0.1) is 31.4 Å². The van der Waals surface area contributed by atoms with Gasteiger partial charge in [-0.3, -0.25) is 24.0 Å². The van der Waals surface area contributed by atoms with E-state index >= 15 is 4.79 Å². The summed E-state index contributed by atoms with van der Waals surface area (Å²) in [5, 5.41) is 14.8. The molecule has 2 bridgehead atoms. The molecular formula is C51H59N3O11. The number of fused-ring (bicyclic) bond motifs is 5. The number of hydrogen-bond acceptors (Lipinski definition) is 12. The van der Waals surface area contributed by atoms with Gasteiger partial charge in [0.1, 0.15) is 41.5 Å². The summed E-state index contributed by atoms with van der Waals surface area (Å²) in [4.78, 5) is 65.7. The van der Waals surface area contributed by atoms with Crippen LogP contribution in [0, 0.1) is 11.3 Å². The zero-order chi connectivity index (χ0) is 45.1. The largest absolute Gasteiger partial charge is 0.460 e. The lowest BCUT2D eigenvalue weighted by atomic mass is 9.62. The third-order valence-electron chi connectivity index (χ3n) is 14.3. The van der Waals surface area contributed by atoms with E-state index in [0.29, 0.717) is 31.0 Å².